The Morgan fingerprint density at radius 3 is 2.14 bits per heavy atom. The van der Waals surface area contributed by atoms with Crippen LogP contribution in [0.25, 0.3) is 21.8 Å². The third-order valence-corrected chi connectivity index (χ3v) is 3.94. The maximum atomic E-state index is 11.5. The van der Waals surface area contributed by atoms with E-state index in [2.05, 4.69) is 44.8 Å². The van der Waals surface area contributed by atoms with Gasteiger partial charge in [0.05, 0.1) is 6.54 Å². The molecule has 0 aliphatic carbocycles. The number of nitrogens with zero attached hydrogens (tertiary/aromatic N) is 1. The molecular weight excluding hydrogens is 330 g/mol. The molecule has 3 rings (SSSR count). The van der Waals surface area contributed by atoms with Gasteiger partial charge in [-0.2, -0.15) is 0 Å². The summed E-state index contributed by atoms with van der Waals surface area (Å²) in [6.45, 7) is 2.79. The number of alkyl halides is 1. The normalized spacial score (nSPS) is 12.7. The minimum absolute atomic E-state index is 0.226. The second kappa shape index (κ2) is 5.90. The van der Waals surface area contributed by atoms with Crippen molar-refractivity contribution in [3.63, 3.8) is 0 Å². The maximum Gasteiger partial charge on any atom is 0.319 e. The quantitative estimate of drug-likeness (QED) is 0.526. The zero-order valence-corrected chi connectivity index (χ0v) is 13.3. The van der Waals surface area contributed by atoms with Crippen LogP contribution in [0.2, 0.25) is 0 Å². The highest BCUT2D eigenvalue weighted by atomic mass is 79.9. The van der Waals surface area contributed by atoms with Crippen LogP contribution in [0.15, 0.2) is 48.5 Å². The molecular formula is C17H16BrNO2. The van der Waals surface area contributed by atoms with Gasteiger partial charge in [-0.3, -0.25) is 4.79 Å². The Bertz CT molecular complexity index is 738. The SMILES string of the molecule is CC(Br)C(=O)OCCn1c2ccccc2c2ccccc21. The van der Waals surface area contributed by atoms with E-state index in [0.29, 0.717) is 13.2 Å². The number of aromatic nitrogens is 1. The molecule has 0 N–H and O–H groups in total. The van der Waals surface area contributed by atoms with Crippen molar-refractivity contribution in [2.45, 2.75) is 18.3 Å². The van der Waals surface area contributed by atoms with Gasteiger partial charge in [0.1, 0.15) is 11.4 Å². The van der Waals surface area contributed by atoms with Crippen molar-refractivity contribution in [2.75, 3.05) is 6.61 Å². The van der Waals surface area contributed by atoms with Gasteiger partial charge in [0.2, 0.25) is 0 Å². The minimum atomic E-state index is -0.268. The second-order valence-corrected chi connectivity index (χ2v) is 6.34. The lowest BCUT2D eigenvalue weighted by atomic mass is 10.2. The molecule has 0 saturated heterocycles. The molecule has 0 aliphatic rings. The van der Waals surface area contributed by atoms with E-state index in [9.17, 15) is 4.79 Å². The molecule has 108 valence electrons. The Hall–Kier alpha value is -1.81. The molecule has 1 unspecified atom stereocenters. The molecule has 0 bridgehead atoms. The molecule has 0 spiro atoms. The van der Waals surface area contributed by atoms with Crippen molar-refractivity contribution in [3.8, 4) is 0 Å². The van der Waals surface area contributed by atoms with Crippen molar-refractivity contribution < 1.29 is 9.53 Å². The summed E-state index contributed by atoms with van der Waals surface area (Å²) >= 11 is 3.22. The van der Waals surface area contributed by atoms with Gasteiger partial charge in [0, 0.05) is 21.8 Å². The molecule has 0 saturated carbocycles. The van der Waals surface area contributed by atoms with Crippen LogP contribution in [0.1, 0.15) is 6.92 Å². The highest BCUT2D eigenvalue weighted by Crippen LogP contribution is 2.28. The number of benzene rings is 2. The largest absolute Gasteiger partial charge is 0.463 e. The van der Waals surface area contributed by atoms with Crippen LogP contribution >= 0.6 is 15.9 Å². The molecule has 1 heterocycles. The molecule has 0 aliphatic heterocycles. The van der Waals surface area contributed by atoms with Gasteiger partial charge in [0.25, 0.3) is 0 Å². The van der Waals surface area contributed by atoms with Crippen molar-refractivity contribution in [2.24, 2.45) is 0 Å². The van der Waals surface area contributed by atoms with E-state index in [1.807, 2.05) is 24.3 Å². The summed E-state index contributed by atoms with van der Waals surface area (Å²) in [5, 5.41) is 2.46. The Labute approximate surface area is 131 Å². The van der Waals surface area contributed by atoms with E-state index in [-0.39, 0.29) is 10.8 Å². The maximum absolute atomic E-state index is 11.5. The number of rotatable bonds is 4. The van der Waals surface area contributed by atoms with Gasteiger partial charge in [0.15, 0.2) is 0 Å². The third kappa shape index (κ3) is 2.68. The number of halogens is 1. The van der Waals surface area contributed by atoms with Gasteiger partial charge >= 0.3 is 5.97 Å². The second-order valence-electron chi connectivity index (χ2n) is 4.97. The molecule has 1 atom stereocenters. The van der Waals surface area contributed by atoms with E-state index < -0.39 is 0 Å². The number of carbonyl (C=O) groups excluding carboxylic acids is 1. The molecule has 0 radical (unpaired) electrons. The van der Waals surface area contributed by atoms with Crippen molar-refractivity contribution >= 4 is 43.7 Å². The Morgan fingerprint density at radius 1 is 1.10 bits per heavy atom. The number of para-hydroxylation sites is 2. The van der Waals surface area contributed by atoms with Gasteiger partial charge in [-0.25, -0.2) is 0 Å². The van der Waals surface area contributed by atoms with Crippen LogP contribution in [-0.4, -0.2) is 22.0 Å². The first-order valence-corrected chi connectivity index (χ1v) is 7.86. The van der Waals surface area contributed by atoms with Crippen LogP contribution < -0.4 is 0 Å². The zero-order valence-electron chi connectivity index (χ0n) is 11.8. The summed E-state index contributed by atoms with van der Waals surface area (Å²) < 4.78 is 7.47. The van der Waals surface area contributed by atoms with E-state index in [1.54, 1.807) is 6.92 Å². The molecule has 21 heavy (non-hydrogen) atoms. The van der Waals surface area contributed by atoms with E-state index in [4.69, 9.17) is 4.74 Å². The summed E-state index contributed by atoms with van der Waals surface area (Å²) in [6, 6.07) is 16.6. The van der Waals surface area contributed by atoms with Crippen molar-refractivity contribution in [3.05, 3.63) is 48.5 Å². The lowest BCUT2D eigenvalue weighted by Gasteiger charge is -2.09. The van der Waals surface area contributed by atoms with E-state index >= 15 is 0 Å². The molecule has 3 aromatic rings. The molecule has 0 amide bonds. The summed E-state index contributed by atoms with van der Waals surface area (Å²) in [7, 11) is 0. The predicted molar refractivity (Wildman–Crippen MR) is 88.8 cm³/mol. The third-order valence-electron chi connectivity index (χ3n) is 3.56. The first-order chi connectivity index (χ1) is 10.2. The molecule has 0 fully saturated rings. The monoisotopic (exact) mass is 345 g/mol. The molecule has 1 aromatic heterocycles. The average Bonchev–Trinajstić information content (AvgIpc) is 2.82. The Kier molecular flexibility index (Phi) is 3.97. The van der Waals surface area contributed by atoms with Crippen LogP contribution in [0, 0.1) is 0 Å². The number of ether oxygens (including phenoxy) is 1. The fourth-order valence-electron chi connectivity index (χ4n) is 2.60. The Balaban J connectivity index is 1.94. The van der Waals surface area contributed by atoms with Gasteiger partial charge in [-0.05, 0) is 19.1 Å². The minimum Gasteiger partial charge on any atom is -0.463 e. The van der Waals surface area contributed by atoms with Gasteiger partial charge in [-0.15, -0.1) is 0 Å². The van der Waals surface area contributed by atoms with Gasteiger partial charge in [-0.1, -0.05) is 52.3 Å². The topological polar surface area (TPSA) is 31.2 Å². The predicted octanol–water partition coefficient (Wildman–Crippen LogP) is 4.12. The number of fused-ring (bicyclic) bond motifs is 3. The van der Waals surface area contributed by atoms with Crippen LogP contribution in [0.4, 0.5) is 0 Å². The highest BCUT2D eigenvalue weighted by Gasteiger charge is 2.12. The lowest BCUT2D eigenvalue weighted by Crippen LogP contribution is -2.17. The zero-order chi connectivity index (χ0) is 14.8. The molecule has 3 nitrogen and oxygen atoms in total. The highest BCUT2D eigenvalue weighted by molar-refractivity contribution is 9.10. The van der Waals surface area contributed by atoms with Crippen molar-refractivity contribution in [1.82, 2.24) is 4.57 Å². The van der Waals surface area contributed by atoms with Crippen LogP contribution in [0.3, 0.4) is 0 Å². The summed E-state index contributed by atoms with van der Waals surface area (Å²) in [4.78, 5) is 11.3. The van der Waals surface area contributed by atoms with Gasteiger partial charge < -0.3 is 9.30 Å². The lowest BCUT2D eigenvalue weighted by molar-refractivity contribution is -0.142. The number of carbonyl (C=O) groups is 1. The van der Waals surface area contributed by atoms with Crippen LogP contribution in [0.5, 0.6) is 0 Å². The standard InChI is InChI=1S/C17H16BrNO2/c1-12(18)17(20)21-11-10-19-15-8-4-2-6-13(15)14-7-3-5-9-16(14)19/h2-9,12H,10-11H2,1H3. The fourth-order valence-corrected chi connectivity index (χ4v) is 2.73. The van der Waals surface area contributed by atoms with E-state index in [0.717, 1.165) is 0 Å². The first-order valence-electron chi connectivity index (χ1n) is 6.95. The molecule has 4 heteroatoms. The number of hydrogen-bond acceptors (Lipinski definition) is 2. The smallest absolute Gasteiger partial charge is 0.319 e. The summed E-state index contributed by atoms with van der Waals surface area (Å²) in [5.41, 5.74) is 2.34. The number of hydrogen-bond donors (Lipinski definition) is 0. The average molecular weight is 346 g/mol. The fraction of sp³-hybridized carbons (Fsp3) is 0.235. The Morgan fingerprint density at radius 2 is 1.62 bits per heavy atom. The first kappa shape index (κ1) is 14.1. The van der Waals surface area contributed by atoms with Crippen molar-refractivity contribution in [1.29, 1.82) is 0 Å². The van der Waals surface area contributed by atoms with E-state index in [1.165, 1.54) is 21.8 Å². The van der Waals surface area contributed by atoms with Crippen LogP contribution in [-0.2, 0) is 16.1 Å². The summed E-state index contributed by atoms with van der Waals surface area (Å²) in [6.07, 6.45) is 0. The number of esters is 1. The summed E-state index contributed by atoms with van der Waals surface area (Å²) in [5.74, 6) is -0.226. The molecule has 2 aromatic carbocycles.